The number of nitrogens with one attached hydrogen (secondary N) is 1. The highest BCUT2D eigenvalue weighted by Gasteiger charge is 2.47. The summed E-state index contributed by atoms with van der Waals surface area (Å²) in [7, 11) is 1.64. The predicted octanol–water partition coefficient (Wildman–Crippen LogP) is 1.13. The largest absolute Gasteiger partial charge is 0.497 e. The summed E-state index contributed by atoms with van der Waals surface area (Å²) in [6.45, 7) is 1.90. The molecule has 0 amide bonds. The number of benzene rings is 1. The van der Waals surface area contributed by atoms with Crippen molar-refractivity contribution in [3.8, 4) is 5.75 Å². The lowest BCUT2D eigenvalue weighted by Gasteiger charge is -2.56. The Kier molecular flexibility index (Phi) is 2.20. The van der Waals surface area contributed by atoms with Crippen molar-refractivity contribution in [3.63, 3.8) is 0 Å². The second-order valence-corrected chi connectivity index (χ2v) is 5.78. The van der Waals surface area contributed by atoms with Gasteiger partial charge >= 0.3 is 0 Å². The molecule has 0 radical (unpaired) electrons. The normalized spacial score (nSPS) is 23.2. The molecule has 2 saturated heterocycles. The lowest BCUT2D eigenvalue weighted by atomic mass is 9.89. The van der Waals surface area contributed by atoms with Crippen molar-refractivity contribution >= 4 is 33.8 Å². The van der Waals surface area contributed by atoms with Crippen LogP contribution in [-0.4, -0.2) is 42.3 Å². The van der Waals surface area contributed by atoms with Crippen molar-refractivity contribution in [2.75, 3.05) is 30.8 Å². The Bertz CT molecular complexity index is 906. The number of nitrogens with two attached hydrogens (primary N) is 1. The number of nitrogen functional groups attached to an aromatic ring is 1. The first kappa shape index (κ1) is 12.0. The lowest BCUT2D eigenvalue weighted by Crippen LogP contribution is -2.78. The average molecular weight is 297 g/mol. The van der Waals surface area contributed by atoms with E-state index >= 15 is 0 Å². The van der Waals surface area contributed by atoms with Gasteiger partial charge in [0.05, 0.1) is 18.5 Å². The quantitative estimate of drug-likeness (QED) is 0.732. The highest BCUT2D eigenvalue weighted by molar-refractivity contribution is 6.06. The molecule has 7 nitrogen and oxygen atoms in total. The number of furan rings is 1. The van der Waals surface area contributed by atoms with E-state index in [9.17, 15) is 0 Å². The molecule has 2 aliphatic rings. The molecule has 112 valence electrons. The zero-order valence-corrected chi connectivity index (χ0v) is 12.0. The fraction of sp³-hybridized carbons (Fsp3) is 0.333. The molecule has 3 aromatic rings. The molecule has 1 aromatic carbocycles. The predicted molar refractivity (Wildman–Crippen MR) is 83.2 cm³/mol. The Morgan fingerprint density at radius 1 is 1.41 bits per heavy atom. The van der Waals surface area contributed by atoms with Crippen LogP contribution in [0.4, 0.5) is 11.8 Å². The van der Waals surface area contributed by atoms with Gasteiger partial charge in [-0.15, -0.1) is 0 Å². The Morgan fingerprint density at radius 3 is 3.00 bits per heavy atom. The number of rotatable bonds is 2. The van der Waals surface area contributed by atoms with E-state index in [1.54, 1.807) is 7.11 Å². The molecule has 7 heteroatoms. The van der Waals surface area contributed by atoms with Crippen molar-refractivity contribution in [2.45, 2.75) is 12.1 Å². The number of hydrogen-bond donors (Lipinski definition) is 2. The van der Waals surface area contributed by atoms with Crippen LogP contribution in [0.2, 0.25) is 0 Å². The third kappa shape index (κ3) is 1.43. The van der Waals surface area contributed by atoms with Crippen LogP contribution in [0.1, 0.15) is 0 Å². The van der Waals surface area contributed by atoms with Crippen molar-refractivity contribution in [3.05, 3.63) is 18.2 Å². The molecule has 0 bridgehead atoms. The number of nitrogens with zero attached hydrogens (tertiary/aromatic N) is 3. The molecule has 2 atom stereocenters. The van der Waals surface area contributed by atoms with E-state index in [0.717, 1.165) is 41.1 Å². The minimum absolute atomic E-state index is 0.267. The first-order valence-electron chi connectivity index (χ1n) is 7.28. The van der Waals surface area contributed by atoms with Gasteiger partial charge in [0.1, 0.15) is 16.8 Å². The van der Waals surface area contributed by atoms with Crippen LogP contribution in [-0.2, 0) is 0 Å². The maximum Gasteiger partial charge on any atom is 0.222 e. The summed E-state index contributed by atoms with van der Waals surface area (Å²) in [6.07, 6.45) is 0. The zero-order chi connectivity index (χ0) is 14.8. The number of ether oxygens (including phenoxy) is 1. The molecule has 0 aliphatic carbocycles. The molecule has 2 fully saturated rings. The van der Waals surface area contributed by atoms with E-state index in [-0.39, 0.29) is 5.95 Å². The highest BCUT2D eigenvalue weighted by Crippen LogP contribution is 2.39. The fourth-order valence-electron chi connectivity index (χ4n) is 3.30. The monoisotopic (exact) mass is 297 g/mol. The first-order valence-corrected chi connectivity index (χ1v) is 7.28. The van der Waals surface area contributed by atoms with Crippen LogP contribution in [0.15, 0.2) is 22.6 Å². The number of fused-ring (bicyclic) bond motifs is 4. The lowest BCUT2D eigenvalue weighted by molar-refractivity contribution is 0.212. The molecule has 2 aliphatic heterocycles. The summed E-state index contributed by atoms with van der Waals surface area (Å²) in [6, 6.07) is 6.73. The Hall–Kier alpha value is -2.54. The van der Waals surface area contributed by atoms with Gasteiger partial charge in [0.2, 0.25) is 5.95 Å². The molecule has 3 N–H and O–H groups in total. The fourth-order valence-corrected chi connectivity index (χ4v) is 3.30. The van der Waals surface area contributed by atoms with E-state index in [2.05, 4.69) is 20.2 Å². The van der Waals surface area contributed by atoms with Crippen LogP contribution in [0, 0.1) is 0 Å². The Balaban J connectivity index is 1.76. The number of methoxy groups -OCH3 is 1. The van der Waals surface area contributed by atoms with E-state index in [1.807, 2.05) is 18.2 Å². The smallest absolute Gasteiger partial charge is 0.222 e. The van der Waals surface area contributed by atoms with E-state index in [4.69, 9.17) is 14.9 Å². The van der Waals surface area contributed by atoms with Crippen molar-refractivity contribution < 1.29 is 9.15 Å². The van der Waals surface area contributed by atoms with Gasteiger partial charge < -0.3 is 25.1 Å². The molecule has 0 spiro atoms. The standard InChI is InChI=1S/C15H15N5O2/c1-21-7-2-3-11-8(4-7)12-13(22-11)14(19-15(16)18-12)20-6-9-10(20)5-17-9/h2-4,9-10,17H,5-6H2,1H3,(H2,16,18,19)/t9?,10-/m0/s1. The number of piperazine rings is 1. The number of anilines is 2. The summed E-state index contributed by atoms with van der Waals surface area (Å²) >= 11 is 0. The highest BCUT2D eigenvalue weighted by atomic mass is 16.5. The van der Waals surface area contributed by atoms with E-state index in [1.165, 1.54) is 0 Å². The summed E-state index contributed by atoms with van der Waals surface area (Å²) in [4.78, 5) is 11.0. The van der Waals surface area contributed by atoms with Crippen molar-refractivity contribution in [1.82, 2.24) is 15.3 Å². The van der Waals surface area contributed by atoms with Gasteiger partial charge in [0.25, 0.3) is 0 Å². The zero-order valence-electron chi connectivity index (χ0n) is 12.0. The van der Waals surface area contributed by atoms with E-state index < -0.39 is 0 Å². The summed E-state index contributed by atoms with van der Waals surface area (Å²) in [5.41, 5.74) is 8.13. The van der Waals surface area contributed by atoms with Gasteiger partial charge in [-0.05, 0) is 18.2 Å². The Labute approximate surface area is 126 Å². The summed E-state index contributed by atoms with van der Waals surface area (Å²) in [5, 5.41) is 4.28. The molecule has 2 aromatic heterocycles. The topological polar surface area (TPSA) is 89.4 Å². The average Bonchev–Trinajstić information content (AvgIpc) is 2.87. The van der Waals surface area contributed by atoms with Gasteiger partial charge in [0, 0.05) is 19.1 Å². The molecule has 1 unspecified atom stereocenters. The minimum Gasteiger partial charge on any atom is -0.497 e. The summed E-state index contributed by atoms with van der Waals surface area (Å²) < 4.78 is 11.3. The molecule has 0 saturated carbocycles. The van der Waals surface area contributed by atoms with Gasteiger partial charge in [-0.2, -0.15) is 4.98 Å². The molecular formula is C15H15N5O2. The molecule has 5 rings (SSSR count). The molecule has 22 heavy (non-hydrogen) atoms. The van der Waals surface area contributed by atoms with Crippen molar-refractivity contribution in [1.29, 1.82) is 0 Å². The van der Waals surface area contributed by atoms with E-state index in [0.29, 0.717) is 17.7 Å². The van der Waals surface area contributed by atoms with Gasteiger partial charge in [0.15, 0.2) is 11.4 Å². The number of aromatic nitrogens is 2. The van der Waals surface area contributed by atoms with Crippen LogP contribution in [0.5, 0.6) is 5.75 Å². The van der Waals surface area contributed by atoms with Crippen molar-refractivity contribution in [2.24, 2.45) is 0 Å². The van der Waals surface area contributed by atoms with Gasteiger partial charge in [-0.25, -0.2) is 4.98 Å². The molecular weight excluding hydrogens is 282 g/mol. The third-order valence-corrected chi connectivity index (χ3v) is 4.64. The second kappa shape index (κ2) is 4.01. The van der Waals surface area contributed by atoms with Gasteiger partial charge in [-0.3, -0.25) is 0 Å². The van der Waals surface area contributed by atoms with Crippen LogP contribution in [0.3, 0.4) is 0 Å². The second-order valence-electron chi connectivity index (χ2n) is 5.78. The maximum absolute atomic E-state index is 6.00. The maximum atomic E-state index is 6.00. The Morgan fingerprint density at radius 2 is 2.32 bits per heavy atom. The summed E-state index contributed by atoms with van der Waals surface area (Å²) in [5.74, 6) is 1.82. The molecule has 4 heterocycles. The van der Waals surface area contributed by atoms with Crippen LogP contribution >= 0.6 is 0 Å². The minimum atomic E-state index is 0.267. The third-order valence-electron chi connectivity index (χ3n) is 4.64. The van der Waals surface area contributed by atoms with Crippen LogP contribution < -0.4 is 20.7 Å². The number of hydrogen-bond acceptors (Lipinski definition) is 7. The van der Waals surface area contributed by atoms with Crippen LogP contribution in [0.25, 0.3) is 22.1 Å². The first-order chi connectivity index (χ1) is 10.7. The SMILES string of the molecule is COc1ccc2oc3c(N4CC5NC[C@@H]54)nc(N)nc3c2c1. The van der Waals surface area contributed by atoms with Gasteiger partial charge in [-0.1, -0.05) is 0 Å².